The molecule has 0 unspecified atom stereocenters. The summed E-state index contributed by atoms with van der Waals surface area (Å²) in [6.07, 6.45) is 14.3. The zero-order valence-corrected chi connectivity index (χ0v) is 69.2. The van der Waals surface area contributed by atoms with Crippen LogP contribution in [0, 0.1) is 10.8 Å². The number of H-pyrrole nitrogens is 1. The SMILES string of the molecule is CS(=O)(=O)NCCCC[C@@H](NC1CCC2(CC1)CCN(Cc1ccccc1)C2)C(=O)N1CCN(C(=O)Oc2ccc(CS(=O)(=O)NCCCC[C@@H](NC3CCC4(CC3)CCN(Cc3ccccc3)C4)C(=O)N3CCN(C(=O)Oc4cccc5c4CCNC5)C[C@H]3C(=O)NCc3ccc[nH]3)c(CN)c2Cl)C[C@H]1C(=O)NCc1cccs1. The lowest BCUT2D eigenvalue weighted by Crippen LogP contribution is -2.64. The summed E-state index contributed by atoms with van der Waals surface area (Å²) in [5, 5.41) is 18.7. The van der Waals surface area contributed by atoms with Gasteiger partial charge in [-0.3, -0.25) is 29.0 Å². The number of nitrogens with one attached hydrogen (secondary N) is 8. The molecule has 6 aromatic rings. The summed E-state index contributed by atoms with van der Waals surface area (Å²) in [6, 6.07) is 33.5. The van der Waals surface area contributed by atoms with E-state index in [2.05, 4.69) is 99.3 Å². The Morgan fingerprint density at radius 2 is 1.17 bits per heavy atom. The van der Waals surface area contributed by atoms with Crippen molar-refractivity contribution < 1.29 is 55.1 Å². The van der Waals surface area contributed by atoms with E-state index in [1.165, 1.54) is 44.4 Å². The van der Waals surface area contributed by atoms with Gasteiger partial charge in [-0.25, -0.2) is 35.9 Å². The van der Waals surface area contributed by atoms with Crippen molar-refractivity contribution in [3.05, 3.63) is 176 Å². The average molecular weight is 1660 g/mol. The largest absolute Gasteiger partial charge is 0.415 e. The predicted molar refractivity (Wildman–Crippen MR) is 443 cm³/mol. The number of nitrogens with two attached hydrogens (primary N) is 1. The van der Waals surface area contributed by atoms with Crippen molar-refractivity contribution in [2.45, 2.75) is 190 Å². The number of likely N-dealkylation sites (tertiary alicyclic amines) is 2. The molecule has 2 aromatic heterocycles. The van der Waals surface area contributed by atoms with E-state index in [1.807, 2.05) is 53.9 Å². The molecule has 5 aliphatic heterocycles. The quantitative estimate of drug-likeness (QED) is 0.0176. The molecule has 6 amide bonds. The van der Waals surface area contributed by atoms with Crippen molar-refractivity contribution in [3.63, 3.8) is 0 Å². The van der Waals surface area contributed by atoms with E-state index in [0.717, 1.165) is 138 Å². The number of benzene rings is 4. The summed E-state index contributed by atoms with van der Waals surface area (Å²) >= 11 is 8.49. The van der Waals surface area contributed by atoms with Gasteiger partial charge in [0.1, 0.15) is 17.8 Å². The molecule has 10 N–H and O–H groups in total. The molecule has 6 fully saturated rings. The van der Waals surface area contributed by atoms with Crippen LogP contribution in [0.3, 0.4) is 0 Å². The van der Waals surface area contributed by atoms with Crippen LogP contribution < -0.4 is 51.2 Å². The number of nitrogens with zero attached hydrogens (tertiary/aromatic N) is 6. The van der Waals surface area contributed by atoms with Crippen molar-refractivity contribution in [2.75, 3.05) is 91.3 Å². The maximum Gasteiger partial charge on any atom is 0.415 e. The van der Waals surface area contributed by atoms with Crippen LogP contribution in [0.2, 0.25) is 5.02 Å². The molecule has 2 aliphatic carbocycles. The second-order valence-corrected chi connectivity index (χ2v) is 37.7. The van der Waals surface area contributed by atoms with E-state index >= 15 is 9.59 Å². The number of hydrogen-bond acceptors (Lipinski definition) is 19. The van der Waals surface area contributed by atoms with Gasteiger partial charge in [0.2, 0.25) is 43.7 Å². The van der Waals surface area contributed by atoms with Crippen LogP contribution in [0.15, 0.2) is 127 Å². The molecule has 0 radical (unpaired) electrons. The number of halogens is 1. The van der Waals surface area contributed by atoms with Crippen molar-refractivity contribution in [3.8, 4) is 11.5 Å². The van der Waals surface area contributed by atoms with E-state index in [4.69, 9.17) is 26.8 Å². The zero-order chi connectivity index (χ0) is 80.5. The number of amides is 6. The second kappa shape index (κ2) is 39.6. The van der Waals surface area contributed by atoms with Crippen LogP contribution in [-0.4, -0.2) is 215 Å². The molecule has 27 nitrogen and oxygen atoms in total. The van der Waals surface area contributed by atoms with Crippen molar-refractivity contribution >= 4 is 78.8 Å². The Kier molecular flexibility index (Phi) is 29.3. The first-order chi connectivity index (χ1) is 55.6. The highest BCUT2D eigenvalue weighted by molar-refractivity contribution is 7.89. The lowest BCUT2D eigenvalue weighted by molar-refractivity contribution is -0.145. The van der Waals surface area contributed by atoms with E-state index in [0.29, 0.717) is 57.2 Å². The first kappa shape index (κ1) is 85.0. The summed E-state index contributed by atoms with van der Waals surface area (Å²) < 4.78 is 69.6. The molecule has 622 valence electrons. The maximum atomic E-state index is 15.4. The van der Waals surface area contributed by atoms with Crippen LogP contribution in [-0.2, 0) is 90.7 Å². The number of fused-ring (bicyclic) bond motifs is 1. The molecule has 0 bridgehead atoms. The fraction of sp³-hybridized carbons (Fsp3) is 0.548. The molecule has 4 aromatic carbocycles. The first-order valence-electron chi connectivity index (χ1n) is 41.1. The van der Waals surface area contributed by atoms with Gasteiger partial charge < -0.3 is 66.4 Å². The number of carbonyl (C=O) groups is 6. The number of thiophene rings is 1. The molecular formula is C84H114ClN15O12S3. The highest BCUT2D eigenvalue weighted by atomic mass is 35.5. The Bertz CT molecular complexity index is 4500. The predicted octanol–water partition coefficient (Wildman–Crippen LogP) is 8.09. The number of aromatic amines is 1. The lowest BCUT2D eigenvalue weighted by Gasteiger charge is -2.43. The second-order valence-electron chi connectivity index (χ2n) is 32.7. The molecule has 4 atom stereocenters. The molecule has 31 heteroatoms. The van der Waals surface area contributed by atoms with Crippen LogP contribution >= 0.6 is 22.9 Å². The van der Waals surface area contributed by atoms with Gasteiger partial charge in [0.15, 0.2) is 5.75 Å². The molecule has 13 rings (SSSR count). The normalized spacial score (nSPS) is 22.7. The number of hydrogen-bond donors (Lipinski definition) is 9. The van der Waals surface area contributed by atoms with Gasteiger partial charge in [0, 0.05) is 113 Å². The zero-order valence-electron chi connectivity index (χ0n) is 66.0. The van der Waals surface area contributed by atoms with E-state index < -0.39 is 74.0 Å². The van der Waals surface area contributed by atoms with E-state index in [1.54, 1.807) is 22.1 Å². The van der Waals surface area contributed by atoms with Gasteiger partial charge >= 0.3 is 12.2 Å². The number of ether oxygens (including phenoxy) is 2. The Morgan fingerprint density at radius 1 is 0.609 bits per heavy atom. The van der Waals surface area contributed by atoms with Gasteiger partial charge in [-0.1, -0.05) is 109 Å². The first-order valence-corrected chi connectivity index (χ1v) is 45.9. The van der Waals surface area contributed by atoms with Crippen LogP contribution in [0.1, 0.15) is 147 Å². The highest BCUT2D eigenvalue weighted by Gasteiger charge is 2.47. The van der Waals surface area contributed by atoms with Gasteiger partial charge in [-0.05, 0) is 190 Å². The summed E-state index contributed by atoms with van der Waals surface area (Å²) in [7, 11) is -7.49. The summed E-state index contributed by atoms with van der Waals surface area (Å²) in [4.78, 5) is 103. The van der Waals surface area contributed by atoms with E-state index in [-0.39, 0.29) is 129 Å². The Labute approximate surface area is 685 Å². The fourth-order valence-corrected chi connectivity index (χ4v) is 20.9. The monoisotopic (exact) mass is 1660 g/mol. The number of unbranched alkanes of at least 4 members (excludes halogenated alkanes) is 2. The van der Waals surface area contributed by atoms with Crippen LogP contribution in [0.4, 0.5) is 9.59 Å². The third-order valence-electron chi connectivity index (χ3n) is 24.5. The molecule has 115 heavy (non-hydrogen) atoms. The topological polar surface area (TPSA) is 335 Å². The maximum absolute atomic E-state index is 15.4. The van der Waals surface area contributed by atoms with Crippen molar-refractivity contribution in [2.24, 2.45) is 16.6 Å². The summed E-state index contributed by atoms with van der Waals surface area (Å²) in [5.41, 5.74) is 12.6. The minimum absolute atomic E-state index is 0.00355. The number of rotatable bonds is 33. The standard InChI is InChI=1S/C84H114ClN15O12S3/c1-114(107,108)91-39-10-8-22-70(93-64-27-32-83(33-28-64)36-42-95(58-83)53-60-15-4-2-5-16-60)80(104)100-47-45-98(56-73(100)78(102)90-52-67-21-14-48-113-67)82(106)112-75-26-25-63(69(49-86)76(75)85)57-115(109,110)92-40-11-9-23-71(94-65-29-34-84(35-30-65)37-43-96(59-84)54-61-17-6-3-7-18-61)79(103)99-46-44-97(55-72(99)77(101)89-51-66-20-13-38-88-66)81(105)111-74-24-12-19-62-50-87-41-31-68(62)74/h2-7,12-21,24-26,38,48,64-65,70-73,87-88,91-94H,8-11,22-23,27-37,39-47,49-59,86H2,1H3,(H,89,101)(H,90,102)/t64?,65?,70-,71-,72+,73+,83?,84?/m1/s1. The molecule has 7 aliphatic rings. The third-order valence-corrected chi connectivity index (χ3v) is 27.9. The lowest BCUT2D eigenvalue weighted by atomic mass is 9.72. The van der Waals surface area contributed by atoms with Gasteiger partial charge in [-0.2, -0.15) is 0 Å². The van der Waals surface area contributed by atoms with E-state index in [9.17, 15) is 36.0 Å². The van der Waals surface area contributed by atoms with Crippen LogP contribution in [0.5, 0.6) is 11.5 Å². The smallest absolute Gasteiger partial charge is 0.410 e. The summed E-state index contributed by atoms with van der Waals surface area (Å²) in [5.74, 6) is -1.55. The third kappa shape index (κ3) is 23.1. The van der Waals surface area contributed by atoms with Gasteiger partial charge in [0.25, 0.3) is 0 Å². The minimum atomic E-state index is -4.06. The Balaban J connectivity index is 0.642. The molecule has 2 spiro atoms. The highest BCUT2D eigenvalue weighted by Crippen LogP contribution is 2.46. The van der Waals surface area contributed by atoms with Gasteiger partial charge in [0.05, 0.1) is 55.3 Å². The Hall–Kier alpha value is -7.85. The van der Waals surface area contributed by atoms with Crippen LogP contribution in [0.25, 0.3) is 0 Å². The number of aromatic nitrogens is 1. The minimum Gasteiger partial charge on any atom is -0.410 e. The van der Waals surface area contributed by atoms with Gasteiger partial charge in [-0.15, -0.1) is 11.3 Å². The van der Waals surface area contributed by atoms with Crippen molar-refractivity contribution in [1.82, 2.24) is 70.4 Å². The number of piperazine rings is 2. The molecular weight excluding hydrogens is 1540 g/mol. The molecule has 7 heterocycles. The summed E-state index contributed by atoms with van der Waals surface area (Å²) in [6.45, 7) is 7.59. The average Bonchev–Trinajstić information content (AvgIpc) is 1.80. The number of carbonyl (C=O) groups excluding carboxylic acids is 6. The fourth-order valence-electron chi connectivity index (χ4n) is 18.2. The van der Waals surface area contributed by atoms with Crippen molar-refractivity contribution in [1.29, 1.82) is 0 Å². The Morgan fingerprint density at radius 3 is 1.70 bits per heavy atom. The number of sulfonamides is 2. The molecule has 4 saturated heterocycles. The molecule has 2 saturated carbocycles.